The lowest BCUT2D eigenvalue weighted by atomic mass is 9.99. The molecule has 0 aliphatic carbocycles. The molecule has 2 heterocycles. The van der Waals surface area contributed by atoms with Gasteiger partial charge in [-0.2, -0.15) is 0 Å². The second kappa shape index (κ2) is 19.0. The monoisotopic (exact) mass is 759 g/mol. The van der Waals surface area contributed by atoms with E-state index in [1.54, 1.807) is 58.6 Å². The van der Waals surface area contributed by atoms with Gasteiger partial charge in [0.05, 0.1) is 24.6 Å². The number of aromatic hydroxyl groups is 1. The first kappa shape index (κ1) is 43.6. The lowest BCUT2D eigenvalue weighted by Crippen LogP contribution is -2.65. The number of carbonyl (C=O) groups is 7. The third kappa shape index (κ3) is 13.0. The highest BCUT2D eigenvalue weighted by molar-refractivity contribution is 5.96. The van der Waals surface area contributed by atoms with Crippen LogP contribution in [0.3, 0.4) is 0 Å². The van der Waals surface area contributed by atoms with Crippen LogP contribution in [0.2, 0.25) is 0 Å². The molecular formula is C37H57N7O10. The average Bonchev–Trinajstić information content (AvgIpc) is 3.51. The molecule has 1 aromatic carbocycles. The highest BCUT2D eigenvalue weighted by Crippen LogP contribution is 2.24. The summed E-state index contributed by atoms with van der Waals surface area (Å²) in [6, 6.07) is -2.05. The number of rotatable bonds is 8. The van der Waals surface area contributed by atoms with Crippen LogP contribution in [-0.4, -0.2) is 122 Å². The second-order valence-electron chi connectivity index (χ2n) is 15.8. The van der Waals surface area contributed by atoms with Gasteiger partial charge in [0.2, 0.25) is 35.4 Å². The van der Waals surface area contributed by atoms with Crippen LogP contribution in [0.25, 0.3) is 0 Å². The summed E-state index contributed by atoms with van der Waals surface area (Å²) in [5, 5.41) is 46.1. The summed E-state index contributed by atoms with van der Waals surface area (Å²) in [5.74, 6) is -5.92. The van der Waals surface area contributed by atoms with Crippen LogP contribution in [0, 0.1) is 5.92 Å². The van der Waals surface area contributed by atoms with Crippen LogP contribution in [0.5, 0.6) is 5.75 Å². The Hall–Kier alpha value is -4.77. The highest BCUT2D eigenvalue weighted by atomic mass is 16.4. The Morgan fingerprint density at radius 2 is 1.52 bits per heavy atom. The van der Waals surface area contributed by atoms with E-state index in [0.717, 1.165) is 0 Å². The van der Waals surface area contributed by atoms with Crippen LogP contribution in [-0.2, 0) is 40.0 Å². The van der Waals surface area contributed by atoms with Crippen molar-refractivity contribution in [2.75, 3.05) is 6.54 Å². The van der Waals surface area contributed by atoms with Crippen LogP contribution >= 0.6 is 0 Å². The quantitative estimate of drug-likeness (QED) is 0.162. The van der Waals surface area contributed by atoms with E-state index in [4.69, 9.17) is 0 Å². The molecule has 8 atom stereocenters. The van der Waals surface area contributed by atoms with Crippen molar-refractivity contribution in [2.45, 2.75) is 141 Å². The molecule has 3 rings (SSSR count). The van der Waals surface area contributed by atoms with E-state index in [1.807, 2.05) is 0 Å². The molecule has 9 N–H and O–H groups in total. The number of amides is 6. The van der Waals surface area contributed by atoms with Crippen molar-refractivity contribution < 1.29 is 48.9 Å². The number of benzene rings is 1. The molecule has 0 saturated carbocycles. The highest BCUT2D eigenvalue weighted by Gasteiger charge is 2.44. The van der Waals surface area contributed by atoms with Gasteiger partial charge < -0.3 is 47.2 Å². The van der Waals surface area contributed by atoms with Crippen molar-refractivity contribution >= 4 is 41.4 Å². The van der Waals surface area contributed by atoms with Gasteiger partial charge in [-0.1, -0.05) is 26.0 Å². The summed E-state index contributed by atoms with van der Waals surface area (Å²) in [6.07, 6.45) is -1.49. The van der Waals surface area contributed by atoms with Crippen LogP contribution in [0.15, 0.2) is 24.3 Å². The number of nitrogens with one attached hydrogen (secondary N) is 6. The van der Waals surface area contributed by atoms with Gasteiger partial charge in [-0.05, 0) is 90.5 Å². The minimum Gasteiger partial charge on any atom is -0.508 e. The number of carboxylic acids is 1. The minimum atomic E-state index is -1.70. The number of carbonyl (C=O) groups excluding carboxylic acids is 6. The number of nitrogens with zero attached hydrogens (tertiary/aromatic N) is 1. The Morgan fingerprint density at radius 1 is 0.889 bits per heavy atom. The molecule has 0 aromatic heterocycles. The molecular weight excluding hydrogens is 702 g/mol. The Bertz CT molecular complexity index is 1530. The molecule has 2 saturated heterocycles. The van der Waals surface area contributed by atoms with Crippen molar-refractivity contribution in [1.29, 1.82) is 0 Å². The fourth-order valence-corrected chi connectivity index (χ4v) is 6.79. The standard InChI is InChI=1S/C37H57N7O10/c1-19(2)15-25-32(50)41-26(18-29(48)49)33(51)42-30(21(4)45)35(53)38-20(3)31(36(54)43-37(5,6)7)44-14-8-9-27(44)34(52)39-23(17-28(47)40-25)16-22-10-12-24(46)13-11-22/h10-13,19-21,23,25-27,30-31,45-46H,8-9,14-18H2,1-7H3,(H,38,53)(H,39,52)(H,40,47)(H,41,50)(H,42,51)(H,43,54)(H,48,49)/t20-,21+,23-,25-,26-,27-,30-,31-/m0/s1. The van der Waals surface area contributed by atoms with Gasteiger partial charge in [-0.15, -0.1) is 0 Å². The Labute approximate surface area is 315 Å². The van der Waals surface area contributed by atoms with Crippen molar-refractivity contribution in [3.05, 3.63) is 29.8 Å². The van der Waals surface area contributed by atoms with Crippen LogP contribution in [0.4, 0.5) is 0 Å². The van der Waals surface area contributed by atoms with Crippen molar-refractivity contribution in [3.8, 4) is 5.75 Å². The van der Waals surface area contributed by atoms with Crippen molar-refractivity contribution in [2.24, 2.45) is 5.92 Å². The number of hydrogen-bond acceptors (Lipinski definition) is 10. The van der Waals surface area contributed by atoms with E-state index in [-0.39, 0.29) is 30.9 Å². The number of aliphatic carboxylic acids is 1. The van der Waals surface area contributed by atoms with Gasteiger partial charge in [0, 0.05) is 18.0 Å². The second-order valence-corrected chi connectivity index (χ2v) is 15.8. The summed E-state index contributed by atoms with van der Waals surface area (Å²) >= 11 is 0. The molecule has 6 amide bonds. The van der Waals surface area contributed by atoms with Gasteiger partial charge >= 0.3 is 5.97 Å². The molecule has 2 aliphatic rings. The molecule has 0 spiro atoms. The van der Waals surface area contributed by atoms with Crippen LogP contribution in [0.1, 0.15) is 86.1 Å². The fraction of sp³-hybridized carbons (Fsp3) is 0.649. The number of phenolic OH excluding ortho intramolecular Hbond substituents is 1. The minimum absolute atomic E-state index is 0.0283. The molecule has 1 aromatic rings. The molecule has 2 fully saturated rings. The molecule has 54 heavy (non-hydrogen) atoms. The molecule has 17 nitrogen and oxygen atoms in total. The molecule has 0 bridgehead atoms. The lowest BCUT2D eigenvalue weighted by Gasteiger charge is -2.38. The summed E-state index contributed by atoms with van der Waals surface area (Å²) in [5.41, 5.74) is -0.00331. The Balaban J connectivity index is 2.13. The number of hydrogen-bond donors (Lipinski definition) is 9. The zero-order chi connectivity index (χ0) is 40.5. The van der Waals surface area contributed by atoms with Gasteiger partial charge in [-0.3, -0.25) is 38.5 Å². The molecule has 300 valence electrons. The smallest absolute Gasteiger partial charge is 0.305 e. The van der Waals surface area contributed by atoms with E-state index >= 15 is 0 Å². The van der Waals surface area contributed by atoms with E-state index in [1.165, 1.54) is 19.1 Å². The van der Waals surface area contributed by atoms with Gasteiger partial charge in [0.25, 0.3) is 0 Å². The summed E-state index contributed by atoms with van der Waals surface area (Å²) in [7, 11) is 0. The number of carboxylic acid groups (broad SMARTS) is 1. The number of fused-ring (bicyclic) bond motifs is 1. The van der Waals surface area contributed by atoms with Gasteiger partial charge in [0.15, 0.2) is 0 Å². The third-order valence-corrected chi connectivity index (χ3v) is 9.19. The molecule has 17 heteroatoms. The molecule has 2 aliphatic heterocycles. The maximum Gasteiger partial charge on any atom is 0.305 e. The lowest BCUT2D eigenvalue weighted by molar-refractivity contribution is -0.142. The summed E-state index contributed by atoms with van der Waals surface area (Å²) < 4.78 is 0. The Kier molecular flexibility index (Phi) is 15.4. The number of phenols is 1. The Morgan fingerprint density at radius 3 is 2.09 bits per heavy atom. The average molecular weight is 760 g/mol. The SMILES string of the molecule is CC(C)C[C@@H]1NC(=O)C[C@H](Cc2ccc(O)cc2)NC(=O)[C@@H]2CCCN2[C@H](C(=O)NC(C)(C)C)[C@H](C)NC(=O)[C@H]([C@@H](C)O)NC(=O)[C@H](CC(=O)O)NC1=O. The first-order chi connectivity index (χ1) is 25.1. The van der Waals surface area contributed by atoms with Gasteiger partial charge in [0.1, 0.15) is 29.9 Å². The zero-order valence-corrected chi connectivity index (χ0v) is 32.1. The van der Waals surface area contributed by atoms with Gasteiger partial charge in [-0.25, -0.2) is 0 Å². The number of aliphatic hydroxyl groups excluding tert-OH is 1. The maximum absolute atomic E-state index is 14.1. The van der Waals surface area contributed by atoms with Crippen molar-refractivity contribution in [3.63, 3.8) is 0 Å². The molecule has 0 unspecified atom stereocenters. The molecule has 0 radical (unpaired) electrons. The summed E-state index contributed by atoms with van der Waals surface area (Å²) in [6.45, 7) is 12.1. The van der Waals surface area contributed by atoms with E-state index in [2.05, 4.69) is 31.9 Å². The predicted octanol–water partition coefficient (Wildman–Crippen LogP) is -0.568. The maximum atomic E-state index is 14.1. The summed E-state index contributed by atoms with van der Waals surface area (Å²) in [4.78, 5) is 96.1. The van der Waals surface area contributed by atoms with Crippen molar-refractivity contribution in [1.82, 2.24) is 36.8 Å². The van der Waals surface area contributed by atoms with E-state index in [9.17, 15) is 48.9 Å². The first-order valence-corrected chi connectivity index (χ1v) is 18.4. The zero-order valence-electron chi connectivity index (χ0n) is 32.1. The van der Waals surface area contributed by atoms with Crippen LogP contribution < -0.4 is 31.9 Å². The largest absolute Gasteiger partial charge is 0.508 e. The number of aliphatic hydroxyl groups is 1. The normalized spacial score (nSPS) is 27.5. The topological polar surface area (TPSA) is 256 Å². The third-order valence-electron chi connectivity index (χ3n) is 9.19. The predicted molar refractivity (Wildman–Crippen MR) is 197 cm³/mol. The fourth-order valence-electron chi connectivity index (χ4n) is 6.79. The first-order valence-electron chi connectivity index (χ1n) is 18.4. The van der Waals surface area contributed by atoms with E-state index < -0.39 is 102 Å². The van der Waals surface area contributed by atoms with E-state index in [0.29, 0.717) is 24.9 Å².